The van der Waals surface area contributed by atoms with E-state index in [1.54, 1.807) is 25.1 Å². The first-order valence-corrected chi connectivity index (χ1v) is 12.9. The largest absolute Gasteiger partial charge is 0.394 e. The van der Waals surface area contributed by atoms with Gasteiger partial charge in [-0.3, -0.25) is 19.4 Å². The first-order chi connectivity index (χ1) is 17.8. The summed E-state index contributed by atoms with van der Waals surface area (Å²) in [6.07, 6.45) is 5.64. The van der Waals surface area contributed by atoms with Crippen LogP contribution >= 0.6 is 0 Å². The van der Waals surface area contributed by atoms with Crippen molar-refractivity contribution in [2.45, 2.75) is 58.5 Å². The fourth-order valence-corrected chi connectivity index (χ4v) is 5.33. The first-order valence-electron chi connectivity index (χ1n) is 12.9. The lowest BCUT2D eigenvalue weighted by atomic mass is 9.88. The van der Waals surface area contributed by atoms with Crippen LogP contribution in [0.3, 0.4) is 0 Å². The monoisotopic (exact) mass is 508 g/mol. The molecule has 9 nitrogen and oxygen atoms in total. The summed E-state index contributed by atoms with van der Waals surface area (Å²) in [5, 5.41) is 26.5. The van der Waals surface area contributed by atoms with Gasteiger partial charge in [0.15, 0.2) is 0 Å². The zero-order chi connectivity index (χ0) is 26.3. The van der Waals surface area contributed by atoms with Crippen LogP contribution in [-0.4, -0.2) is 49.5 Å². The zero-order valence-corrected chi connectivity index (χ0v) is 21.3. The molecule has 0 radical (unpaired) electrons. The van der Waals surface area contributed by atoms with E-state index in [2.05, 4.69) is 25.9 Å². The van der Waals surface area contributed by atoms with Gasteiger partial charge in [-0.2, -0.15) is 10.2 Å². The van der Waals surface area contributed by atoms with E-state index in [1.807, 2.05) is 13.8 Å². The Balaban J connectivity index is 1.39. The molecule has 10 heteroatoms. The van der Waals surface area contributed by atoms with Gasteiger partial charge in [0.2, 0.25) is 5.91 Å². The molecule has 2 aliphatic carbocycles. The molecule has 1 aromatic carbocycles. The Hall–Kier alpha value is -3.53. The second-order valence-corrected chi connectivity index (χ2v) is 10.4. The third-order valence-electron chi connectivity index (χ3n) is 7.51. The van der Waals surface area contributed by atoms with Crippen molar-refractivity contribution in [3.63, 3.8) is 0 Å². The summed E-state index contributed by atoms with van der Waals surface area (Å²) in [4.78, 5) is 26.9. The van der Waals surface area contributed by atoms with Crippen LogP contribution < -0.4 is 10.6 Å². The van der Waals surface area contributed by atoms with E-state index in [0.717, 1.165) is 31.4 Å². The highest BCUT2D eigenvalue weighted by atomic mass is 19.1. The Morgan fingerprint density at radius 3 is 2.46 bits per heavy atom. The molecule has 2 fully saturated rings. The van der Waals surface area contributed by atoms with Crippen LogP contribution in [0.4, 0.5) is 10.1 Å². The van der Waals surface area contributed by atoms with Gasteiger partial charge < -0.3 is 15.7 Å². The Labute approximate surface area is 214 Å². The van der Waals surface area contributed by atoms with Gasteiger partial charge in [0.1, 0.15) is 17.6 Å². The average molecular weight is 509 g/mol. The van der Waals surface area contributed by atoms with Gasteiger partial charge in [0, 0.05) is 28.7 Å². The second kappa shape index (κ2) is 10.1. The topological polar surface area (TPSA) is 125 Å². The molecule has 5 rings (SSSR count). The minimum Gasteiger partial charge on any atom is -0.394 e. The summed E-state index contributed by atoms with van der Waals surface area (Å²) in [6, 6.07) is 5.04. The maximum atomic E-state index is 15.1. The summed E-state index contributed by atoms with van der Waals surface area (Å²) in [5.74, 6) is -0.449. The van der Waals surface area contributed by atoms with E-state index >= 15 is 4.39 Å². The van der Waals surface area contributed by atoms with E-state index in [1.165, 1.54) is 16.9 Å². The molecule has 2 heterocycles. The molecule has 196 valence electrons. The van der Waals surface area contributed by atoms with E-state index in [-0.39, 0.29) is 30.2 Å². The standard InChI is InChI=1S/C27H33FN6O3/c1-14(13-35)34-22(10-11-29-34)26(36)31-25(24(17-4-5-17)18-6-7-18)27(37)30-19-8-9-20(21(28)12-19)23-15(2)32-33-16(23)3/h8-12,14,17-18,24-25,35H,4-7,13H2,1-3H3,(H,30,37)(H,31,36)(H,32,33). The van der Waals surface area contributed by atoms with Crippen LogP contribution in [0.2, 0.25) is 0 Å². The maximum absolute atomic E-state index is 15.1. The minimum absolute atomic E-state index is 0.0240. The van der Waals surface area contributed by atoms with E-state index < -0.39 is 17.8 Å². The maximum Gasteiger partial charge on any atom is 0.270 e. The Kier molecular flexibility index (Phi) is 6.85. The first kappa shape index (κ1) is 25.1. The van der Waals surface area contributed by atoms with Crippen LogP contribution in [0, 0.1) is 37.4 Å². The van der Waals surface area contributed by atoms with Crippen LogP contribution in [0.1, 0.15) is 60.5 Å². The molecule has 2 atom stereocenters. The number of benzene rings is 1. The number of hydrogen-bond acceptors (Lipinski definition) is 5. The number of rotatable bonds is 10. The molecule has 2 aromatic heterocycles. The number of hydrogen-bond donors (Lipinski definition) is 4. The third-order valence-corrected chi connectivity index (χ3v) is 7.51. The molecule has 0 aliphatic heterocycles. The van der Waals surface area contributed by atoms with Crippen molar-refractivity contribution in [3.8, 4) is 11.1 Å². The molecule has 2 unspecified atom stereocenters. The lowest BCUT2D eigenvalue weighted by Gasteiger charge is -2.28. The van der Waals surface area contributed by atoms with Crippen LogP contribution in [0.15, 0.2) is 30.5 Å². The summed E-state index contributed by atoms with van der Waals surface area (Å²) in [7, 11) is 0. The number of aliphatic hydroxyl groups is 1. The molecule has 0 bridgehead atoms. The number of nitrogens with zero attached hydrogens (tertiary/aromatic N) is 3. The van der Waals surface area contributed by atoms with Crippen molar-refractivity contribution in [3.05, 3.63) is 53.4 Å². The Morgan fingerprint density at radius 2 is 1.89 bits per heavy atom. The van der Waals surface area contributed by atoms with Crippen molar-refractivity contribution in [1.29, 1.82) is 0 Å². The van der Waals surface area contributed by atoms with Crippen molar-refractivity contribution < 1.29 is 19.1 Å². The van der Waals surface area contributed by atoms with Crippen LogP contribution in [-0.2, 0) is 4.79 Å². The van der Waals surface area contributed by atoms with Crippen molar-refractivity contribution in [2.75, 3.05) is 11.9 Å². The molecular weight excluding hydrogens is 475 g/mol. The highest BCUT2D eigenvalue weighted by molar-refractivity contribution is 6.01. The molecule has 0 saturated heterocycles. The predicted molar refractivity (Wildman–Crippen MR) is 136 cm³/mol. The minimum atomic E-state index is -0.763. The zero-order valence-electron chi connectivity index (χ0n) is 21.3. The lowest BCUT2D eigenvalue weighted by Crippen LogP contribution is -2.50. The number of anilines is 1. The number of aliphatic hydroxyl groups excluding tert-OH is 1. The molecule has 37 heavy (non-hydrogen) atoms. The summed E-state index contributed by atoms with van der Waals surface area (Å²) >= 11 is 0. The van der Waals surface area contributed by atoms with Gasteiger partial charge in [-0.1, -0.05) is 0 Å². The number of carbonyl (C=O) groups excluding carboxylic acids is 2. The second-order valence-electron chi connectivity index (χ2n) is 10.4. The number of amides is 2. The number of carbonyl (C=O) groups is 2. The molecule has 2 saturated carbocycles. The fourth-order valence-electron chi connectivity index (χ4n) is 5.33. The van der Waals surface area contributed by atoms with Crippen molar-refractivity contribution in [2.24, 2.45) is 17.8 Å². The van der Waals surface area contributed by atoms with Gasteiger partial charge in [-0.05, 0) is 88.5 Å². The Bertz CT molecular complexity index is 1280. The van der Waals surface area contributed by atoms with E-state index in [4.69, 9.17) is 0 Å². The normalized spacial score (nSPS) is 17.0. The quantitative estimate of drug-likeness (QED) is 0.332. The fraction of sp³-hybridized carbons (Fsp3) is 0.481. The molecule has 0 spiro atoms. The van der Waals surface area contributed by atoms with Gasteiger partial charge in [-0.15, -0.1) is 0 Å². The molecule has 4 N–H and O–H groups in total. The van der Waals surface area contributed by atoms with Crippen molar-refractivity contribution in [1.82, 2.24) is 25.3 Å². The summed E-state index contributed by atoms with van der Waals surface area (Å²) < 4.78 is 16.6. The summed E-state index contributed by atoms with van der Waals surface area (Å²) in [5.41, 5.74) is 3.19. The number of aromatic nitrogens is 4. The van der Waals surface area contributed by atoms with Crippen molar-refractivity contribution >= 4 is 17.5 Å². The van der Waals surface area contributed by atoms with Crippen LogP contribution in [0.5, 0.6) is 0 Å². The van der Waals surface area contributed by atoms with E-state index in [0.29, 0.717) is 34.3 Å². The molecular formula is C27H33FN6O3. The summed E-state index contributed by atoms with van der Waals surface area (Å²) in [6.45, 7) is 5.24. The highest BCUT2D eigenvalue weighted by Crippen LogP contribution is 2.51. The number of aryl methyl sites for hydroxylation is 2. The van der Waals surface area contributed by atoms with Gasteiger partial charge in [0.25, 0.3) is 5.91 Å². The SMILES string of the molecule is Cc1n[nH]c(C)c1-c1ccc(NC(=O)C(NC(=O)c2ccnn2C(C)CO)C(C2CC2)C2CC2)cc1F. The predicted octanol–water partition coefficient (Wildman–Crippen LogP) is 3.76. The average Bonchev–Trinajstić information content (AvgIpc) is 3.81. The number of nitrogens with one attached hydrogen (secondary N) is 3. The smallest absolute Gasteiger partial charge is 0.270 e. The number of halogens is 1. The molecule has 2 amide bonds. The third kappa shape index (κ3) is 5.16. The lowest BCUT2D eigenvalue weighted by molar-refractivity contribution is -0.119. The van der Waals surface area contributed by atoms with Gasteiger partial charge in [-0.25, -0.2) is 4.39 Å². The van der Waals surface area contributed by atoms with E-state index in [9.17, 15) is 14.7 Å². The number of aromatic amines is 1. The van der Waals surface area contributed by atoms with Gasteiger partial charge in [0.05, 0.1) is 18.3 Å². The Morgan fingerprint density at radius 1 is 1.19 bits per heavy atom. The highest BCUT2D eigenvalue weighted by Gasteiger charge is 2.48. The molecule has 3 aromatic rings. The van der Waals surface area contributed by atoms with Gasteiger partial charge >= 0.3 is 0 Å². The van der Waals surface area contributed by atoms with Crippen LogP contribution in [0.25, 0.3) is 11.1 Å². The number of H-pyrrole nitrogens is 1. The molecule has 2 aliphatic rings.